The summed E-state index contributed by atoms with van der Waals surface area (Å²) >= 11 is 12.9. The van der Waals surface area contributed by atoms with Crippen molar-refractivity contribution in [3.05, 3.63) is 65.2 Å². The van der Waals surface area contributed by atoms with E-state index < -0.39 is 0 Å². The molecule has 3 N–H and O–H groups in total. The van der Waals surface area contributed by atoms with E-state index in [1.807, 2.05) is 42.5 Å². The molecule has 0 saturated heterocycles. The van der Waals surface area contributed by atoms with E-state index in [1.165, 1.54) is 0 Å². The Labute approximate surface area is 200 Å². The van der Waals surface area contributed by atoms with Gasteiger partial charge in [-0.2, -0.15) is 0 Å². The number of hydrogen-bond donors (Lipinski definition) is 3. The Kier molecular flexibility index (Phi) is 7.35. The van der Waals surface area contributed by atoms with E-state index in [0.717, 1.165) is 23.4 Å². The molecule has 0 bridgehead atoms. The largest absolute Gasteiger partial charge is 0.331 e. The van der Waals surface area contributed by atoms with E-state index in [1.54, 1.807) is 28.6 Å². The highest BCUT2D eigenvalue weighted by molar-refractivity contribution is 7.99. The first-order valence-corrected chi connectivity index (χ1v) is 11.8. The number of hydrazine groups is 1. The Bertz CT molecular complexity index is 1200. The molecule has 32 heavy (non-hydrogen) atoms. The average molecular weight is 485 g/mol. The second-order valence-electron chi connectivity index (χ2n) is 6.82. The Balaban J connectivity index is 1.55. The lowest BCUT2D eigenvalue weighted by Gasteiger charge is -2.13. The predicted octanol–water partition coefficient (Wildman–Crippen LogP) is 4.74. The zero-order chi connectivity index (χ0) is 22.3. The molecule has 2 aromatic heterocycles. The summed E-state index contributed by atoms with van der Waals surface area (Å²) in [5, 5.41) is 13.4. The third-order valence-corrected chi connectivity index (χ3v) is 5.86. The van der Waals surface area contributed by atoms with Gasteiger partial charge in [0.25, 0.3) is 0 Å². The number of thioether (sulfide) groups is 1. The van der Waals surface area contributed by atoms with Crippen molar-refractivity contribution >= 4 is 63.4 Å². The zero-order valence-electron chi connectivity index (χ0n) is 17.2. The van der Waals surface area contributed by atoms with Crippen molar-refractivity contribution in [3.8, 4) is 0 Å². The molecule has 8 nitrogen and oxygen atoms in total. The van der Waals surface area contributed by atoms with Crippen LogP contribution < -0.4 is 16.2 Å². The van der Waals surface area contributed by atoms with Crippen molar-refractivity contribution in [2.45, 2.75) is 25.0 Å². The number of aromatic nitrogens is 5. The Morgan fingerprint density at radius 2 is 1.88 bits per heavy atom. The maximum Gasteiger partial charge on any atom is 0.191 e. The number of rotatable bonds is 8. The van der Waals surface area contributed by atoms with Crippen LogP contribution in [0.15, 0.2) is 59.8 Å². The standard InChI is InChI=1S/C21H21ClN8S2/c1-2-12-32-21-24-18(27-28-20(31)23-16-10-8-15(22)9-11-16)17-19(25-21)30(29-26-17)13-14-6-4-3-5-7-14/h3-11H,2,12-13H2,1H3,(H2,23,28,31)(H,24,25,27). The van der Waals surface area contributed by atoms with E-state index in [2.05, 4.69) is 38.4 Å². The molecule has 0 aliphatic heterocycles. The van der Waals surface area contributed by atoms with Crippen molar-refractivity contribution in [2.75, 3.05) is 16.5 Å². The molecule has 2 aromatic carbocycles. The van der Waals surface area contributed by atoms with Crippen LogP contribution >= 0.6 is 35.6 Å². The highest BCUT2D eigenvalue weighted by Gasteiger charge is 2.15. The van der Waals surface area contributed by atoms with E-state index in [4.69, 9.17) is 28.8 Å². The molecule has 11 heteroatoms. The molecular formula is C21H21ClN8S2. The number of benzene rings is 2. The molecule has 4 aromatic rings. The number of fused-ring (bicyclic) bond motifs is 1. The SMILES string of the molecule is CCCSc1nc(NNC(=S)Nc2ccc(Cl)cc2)c2nnn(Cc3ccccc3)c2n1. The van der Waals surface area contributed by atoms with Gasteiger partial charge in [0.1, 0.15) is 0 Å². The summed E-state index contributed by atoms with van der Waals surface area (Å²) in [6.07, 6.45) is 1.02. The maximum atomic E-state index is 5.93. The van der Waals surface area contributed by atoms with Crippen molar-refractivity contribution in [1.82, 2.24) is 30.4 Å². The smallest absolute Gasteiger partial charge is 0.191 e. The molecular weight excluding hydrogens is 464 g/mol. The quantitative estimate of drug-likeness (QED) is 0.142. The maximum absolute atomic E-state index is 5.93. The minimum Gasteiger partial charge on any atom is -0.331 e. The van der Waals surface area contributed by atoms with Gasteiger partial charge in [0.2, 0.25) is 0 Å². The fourth-order valence-corrected chi connectivity index (χ4v) is 3.84. The summed E-state index contributed by atoms with van der Waals surface area (Å²) in [6.45, 7) is 2.68. The monoisotopic (exact) mass is 484 g/mol. The fourth-order valence-electron chi connectivity index (χ4n) is 2.86. The Hall–Kier alpha value is -2.95. The number of nitrogens with one attached hydrogen (secondary N) is 3. The zero-order valence-corrected chi connectivity index (χ0v) is 19.6. The third kappa shape index (κ3) is 5.64. The minimum absolute atomic E-state index is 0.374. The molecule has 0 fully saturated rings. The summed E-state index contributed by atoms with van der Waals surface area (Å²) in [5.41, 5.74) is 9.15. The van der Waals surface area contributed by atoms with Crippen LogP contribution in [-0.2, 0) is 6.54 Å². The third-order valence-electron chi connectivity index (χ3n) is 4.35. The lowest BCUT2D eigenvalue weighted by atomic mass is 10.2. The van der Waals surface area contributed by atoms with Gasteiger partial charge in [-0.05, 0) is 48.5 Å². The predicted molar refractivity (Wildman–Crippen MR) is 134 cm³/mol. The van der Waals surface area contributed by atoms with Gasteiger partial charge in [0, 0.05) is 16.5 Å². The molecule has 0 aliphatic carbocycles. The first-order chi connectivity index (χ1) is 15.6. The molecule has 0 radical (unpaired) electrons. The van der Waals surface area contributed by atoms with E-state index in [0.29, 0.717) is 38.8 Å². The second kappa shape index (κ2) is 10.6. The van der Waals surface area contributed by atoms with Crippen LogP contribution in [0.1, 0.15) is 18.9 Å². The summed E-state index contributed by atoms with van der Waals surface area (Å²) in [7, 11) is 0. The first kappa shape index (κ1) is 22.3. The highest BCUT2D eigenvalue weighted by atomic mass is 35.5. The minimum atomic E-state index is 0.374. The fraction of sp³-hybridized carbons (Fsp3) is 0.190. The van der Waals surface area contributed by atoms with E-state index in [-0.39, 0.29) is 0 Å². The molecule has 0 aliphatic rings. The average Bonchev–Trinajstić information content (AvgIpc) is 3.21. The van der Waals surface area contributed by atoms with Crippen LogP contribution in [0.5, 0.6) is 0 Å². The summed E-state index contributed by atoms with van der Waals surface area (Å²) in [4.78, 5) is 9.30. The van der Waals surface area contributed by atoms with Crippen molar-refractivity contribution in [3.63, 3.8) is 0 Å². The Morgan fingerprint density at radius 3 is 2.62 bits per heavy atom. The van der Waals surface area contributed by atoms with Crippen LogP contribution in [0, 0.1) is 0 Å². The number of halogens is 1. The van der Waals surface area contributed by atoms with Gasteiger partial charge in [-0.25, -0.2) is 14.6 Å². The van der Waals surface area contributed by atoms with Crippen LogP contribution in [0.4, 0.5) is 11.5 Å². The molecule has 4 rings (SSSR count). The van der Waals surface area contributed by atoms with Crippen molar-refractivity contribution in [2.24, 2.45) is 0 Å². The van der Waals surface area contributed by atoms with Crippen LogP contribution in [0.2, 0.25) is 5.02 Å². The normalized spacial score (nSPS) is 10.8. The molecule has 164 valence electrons. The van der Waals surface area contributed by atoms with Crippen molar-refractivity contribution < 1.29 is 0 Å². The molecule has 0 amide bonds. The van der Waals surface area contributed by atoms with Gasteiger partial charge in [0.05, 0.1) is 6.54 Å². The summed E-state index contributed by atoms with van der Waals surface area (Å²) in [6, 6.07) is 17.3. The van der Waals surface area contributed by atoms with Gasteiger partial charge in [-0.3, -0.25) is 10.9 Å². The van der Waals surface area contributed by atoms with E-state index >= 15 is 0 Å². The first-order valence-electron chi connectivity index (χ1n) is 9.99. The lowest BCUT2D eigenvalue weighted by molar-refractivity contribution is 0.661. The van der Waals surface area contributed by atoms with Gasteiger partial charge in [-0.1, -0.05) is 65.8 Å². The number of nitrogens with zero attached hydrogens (tertiary/aromatic N) is 5. The van der Waals surface area contributed by atoms with E-state index in [9.17, 15) is 0 Å². The molecule has 0 spiro atoms. The highest BCUT2D eigenvalue weighted by Crippen LogP contribution is 2.23. The summed E-state index contributed by atoms with van der Waals surface area (Å²) in [5.74, 6) is 1.42. The van der Waals surface area contributed by atoms with Gasteiger partial charge in [-0.15, -0.1) is 5.10 Å². The van der Waals surface area contributed by atoms with Crippen LogP contribution in [0.25, 0.3) is 11.2 Å². The molecule has 0 atom stereocenters. The number of hydrogen-bond acceptors (Lipinski definition) is 7. The number of thiocarbonyl (C=S) groups is 1. The topological polar surface area (TPSA) is 92.6 Å². The second-order valence-corrected chi connectivity index (χ2v) is 8.73. The summed E-state index contributed by atoms with van der Waals surface area (Å²) < 4.78 is 1.78. The van der Waals surface area contributed by atoms with Crippen LogP contribution in [-0.4, -0.2) is 35.8 Å². The molecule has 0 unspecified atom stereocenters. The van der Waals surface area contributed by atoms with Gasteiger partial charge in [0.15, 0.2) is 27.3 Å². The molecule has 2 heterocycles. The number of anilines is 2. The van der Waals surface area contributed by atoms with Crippen LogP contribution in [0.3, 0.4) is 0 Å². The molecule has 0 saturated carbocycles. The van der Waals surface area contributed by atoms with Gasteiger partial charge < -0.3 is 5.32 Å². The Morgan fingerprint density at radius 1 is 1.09 bits per heavy atom. The van der Waals surface area contributed by atoms with Gasteiger partial charge >= 0.3 is 0 Å². The van der Waals surface area contributed by atoms with Crippen molar-refractivity contribution in [1.29, 1.82) is 0 Å². The lowest BCUT2D eigenvalue weighted by Crippen LogP contribution is -2.33.